The molecule has 0 bridgehead atoms. The van der Waals surface area contributed by atoms with E-state index in [1.54, 1.807) is 16.7 Å². The number of nitrogens with one attached hydrogen (secondary N) is 2. The third kappa shape index (κ3) is 6.53. The predicted octanol–water partition coefficient (Wildman–Crippen LogP) is 6.91. The Balaban J connectivity index is 1.60. The van der Waals surface area contributed by atoms with Crippen LogP contribution in [-0.4, -0.2) is 34.7 Å². The van der Waals surface area contributed by atoms with Gasteiger partial charge in [-0.2, -0.15) is 13.2 Å². The van der Waals surface area contributed by atoms with Gasteiger partial charge in [0.25, 0.3) is 0 Å². The van der Waals surface area contributed by atoms with Gasteiger partial charge in [0, 0.05) is 42.5 Å². The van der Waals surface area contributed by atoms with Gasteiger partial charge in [0.2, 0.25) is 0 Å². The molecule has 0 radical (unpaired) electrons. The van der Waals surface area contributed by atoms with Gasteiger partial charge < -0.3 is 15.2 Å². The largest absolute Gasteiger partial charge is 0.434 e. The van der Waals surface area contributed by atoms with E-state index in [-0.39, 0.29) is 12.1 Å². The minimum Gasteiger partial charge on any atom is -0.366 e. The van der Waals surface area contributed by atoms with Crippen molar-refractivity contribution in [1.82, 2.24) is 20.2 Å². The molecule has 0 spiro atoms. The number of hydrogen-bond donors (Lipinski definition) is 2. The second kappa shape index (κ2) is 12.2. The Bertz CT molecular complexity index is 1400. The van der Waals surface area contributed by atoms with Gasteiger partial charge in [0.15, 0.2) is 5.69 Å². The van der Waals surface area contributed by atoms with Crippen molar-refractivity contribution < 1.29 is 13.2 Å². The fraction of sp³-hybridized carbons (Fsp3) is 0.387. The van der Waals surface area contributed by atoms with Crippen LogP contribution in [0.25, 0.3) is 11.4 Å². The summed E-state index contributed by atoms with van der Waals surface area (Å²) in [5.74, 6) is 1.45. The minimum atomic E-state index is -4.50. The topological polar surface area (TPSA) is 66.6 Å². The second-order valence-electron chi connectivity index (χ2n) is 10.6. The first-order valence-corrected chi connectivity index (χ1v) is 13.5. The standard InChI is InChI=1S/C31H37F3N6/c1-19(2)25-10-8-7-9-24(25)16-38-29(26-17-36-21(5)28(26)35-6)37-15-22-11-13-23(14-12-22)30-39-27(31(32,33)34)18-40(30)20(3)4/h7-14,18-21,36H,6,15-17H2,1-5H3,(H,37,38). The van der Waals surface area contributed by atoms with E-state index in [9.17, 15) is 13.2 Å². The molecule has 0 saturated carbocycles. The Morgan fingerprint density at radius 3 is 2.45 bits per heavy atom. The Morgan fingerprint density at radius 2 is 1.82 bits per heavy atom. The molecule has 212 valence electrons. The van der Waals surface area contributed by atoms with E-state index >= 15 is 0 Å². The number of nitrogens with zero attached hydrogens (tertiary/aromatic N) is 4. The van der Waals surface area contributed by atoms with Crippen LogP contribution in [0.2, 0.25) is 0 Å². The van der Waals surface area contributed by atoms with Gasteiger partial charge >= 0.3 is 6.18 Å². The van der Waals surface area contributed by atoms with Crippen LogP contribution in [0.4, 0.5) is 13.2 Å². The van der Waals surface area contributed by atoms with E-state index < -0.39 is 11.9 Å². The molecule has 9 heteroatoms. The molecular formula is C31H37F3N6. The fourth-order valence-corrected chi connectivity index (χ4v) is 4.90. The molecule has 1 unspecified atom stereocenters. The van der Waals surface area contributed by atoms with E-state index in [2.05, 4.69) is 59.4 Å². The van der Waals surface area contributed by atoms with E-state index in [0.717, 1.165) is 28.9 Å². The zero-order valence-corrected chi connectivity index (χ0v) is 23.7. The van der Waals surface area contributed by atoms with Crippen LogP contribution >= 0.6 is 0 Å². The summed E-state index contributed by atoms with van der Waals surface area (Å²) in [5.41, 5.74) is 5.01. The molecule has 1 atom stereocenters. The summed E-state index contributed by atoms with van der Waals surface area (Å²) in [6.07, 6.45) is -3.42. The summed E-state index contributed by atoms with van der Waals surface area (Å²) in [7, 11) is 0. The van der Waals surface area contributed by atoms with Crippen LogP contribution < -0.4 is 10.6 Å². The molecule has 0 amide bonds. The van der Waals surface area contributed by atoms with Gasteiger partial charge in [0.05, 0.1) is 12.2 Å². The highest BCUT2D eigenvalue weighted by atomic mass is 19.4. The Hall–Kier alpha value is -3.72. The summed E-state index contributed by atoms with van der Waals surface area (Å²) < 4.78 is 41.5. The van der Waals surface area contributed by atoms with Crippen molar-refractivity contribution >= 4 is 12.6 Å². The minimum absolute atomic E-state index is 0.0769. The lowest BCUT2D eigenvalue weighted by molar-refractivity contribution is -0.140. The smallest absolute Gasteiger partial charge is 0.366 e. The van der Waals surface area contributed by atoms with Crippen LogP contribution in [0.5, 0.6) is 0 Å². The normalized spacial score (nSPS) is 16.4. The molecule has 0 saturated heterocycles. The van der Waals surface area contributed by atoms with E-state index in [1.165, 1.54) is 11.1 Å². The first kappa shape index (κ1) is 29.3. The average molecular weight is 551 g/mol. The predicted molar refractivity (Wildman–Crippen MR) is 156 cm³/mol. The maximum atomic E-state index is 13.3. The maximum Gasteiger partial charge on any atom is 0.434 e. The summed E-state index contributed by atoms with van der Waals surface area (Å²) in [6.45, 7) is 15.5. The van der Waals surface area contributed by atoms with Crippen molar-refractivity contribution in [2.75, 3.05) is 6.54 Å². The van der Waals surface area contributed by atoms with Crippen molar-refractivity contribution in [3.8, 4) is 11.4 Å². The van der Waals surface area contributed by atoms with Crippen molar-refractivity contribution in [2.24, 2.45) is 9.98 Å². The number of hydrogen-bond acceptors (Lipinski definition) is 4. The lowest BCUT2D eigenvalue weighted by atomic mass is 9.97. The van der Waals surface area contributed by atoms with E-state index in [4.69, 9.17) is 4.99 Å². The summed E-state index contributed by atoms with van der Waals surface area (Å²) in [5, 5.41) is 6.96. The Kier molecular flexibility index (Phi) is 8.93. The molecule has 40 heavy (non-hydrogen) atoms. The molecule has 0 aliphatic carbocycles. The van der Waals surface area contributed by atoms with Crippen molar-refractivity contribution in [2.45, 2.75) is 71.9 Å². The van der Waals surface area contributed by atoms with Gasteiger partial charge in [-0.1, -0.05) is 62.4 Å². The second-order valence-corrected chi connectivity index (χ2v) is 10.6. The zero-order valence-electron chi connectivity index (χ0n) is 23.7. The number of rotatable bonds is 9. The van der Waals surface area contributed by atoms with Crippen LogP contribution in [0.1, 0.15) is 69.0 Å². The number of benzene rings is 2. The Morgan fingerprint density at radius 1 is 1.12 bits per heavy atom. The van der Waals surface area contributed by atoms with Gasteiger partial charge in [-0.05, 0) is 50.1 Å². The molecular weight excluding hydrogens is 513 g/mol. The van der Waals surface area contributed by atoms with Gasteiger partial charge in [-0.15, -0.1) is 0 Å². The number of halogens is 3. The highest BCUT2D eigenvalue weighted by molar-refractivity contribution is 6.00. The lowest BCUT2D eigenvalue weighted by Crippen LogP contribution is -2.28. The number of aliphatic imine (C=N–C) groups is 2. The van der Waals surface area contributed by atoms with E-state index in [0.29, 0.717) is 36.9 Å². The molecule has 2 heterocycles. The lowest BCUT2D eigenvalue weighted by Gasteiger charge is -2.16. The van der Waals surface area contributed by atoms with Crippen LogP contribution in [0.3, 0.4) is 0 Å². The van der Waals surface area contributed by atoms with Crippen LogP contribution in [-0.2, 0) is 19.3 Å². The highest BCUT2D eigenvalue weighted by Gasteiger charge is 2.35. The number of aromatic nitrogens is 2. The number of alkyl halides is 3. The van der Waals surface area contributed by atoms with Gasteiger partial charge in [-0.3, -0.25) is 9.98 Å². The number of amidine groups is 1. The number of imidazole rings is 1. The summed E-state index contributed by atoms with van der Waals surface area (Å²) >= 11 is 0. The van der Waals surface area contributed by atoms with Gasteiger partial charge in [0.1, 0.15) is 11.7 Å². The van der Waals surface area contributed by atoms with Crippen molar-refractivity contribution in [1.29, 1.82) is 0 Å². The quantitative estimate of drug-likeness (QED) is 0.225. The first-order valence-electron chi connectivity index (χ1n) is 13.5. The SMILES string of the molecule is C=NC1=C(C(=NCc2ccc(-c3nc(C(F)(F)F)cn3C(C)C)cc2)NCc2ccccc2C(C)C)CNC1C. The maximum absolute atomic E-state index is 13.3. The molecule has 2 N–H and O–H groups in total. The molecule has 1 aromatic heterocycles. The Labute approximate surface area is 234 Å². The van der Waals surface area contributed by atoms with Crippen LogP contribution in [0.15, 0.2) is 76.0 Å². The summed E-state index contributed by atoms with van der Waals surface area (Å²) in [6, 6.07) is 15.6. The molecule has 1 aliphatic rings. The molecule has 3 aromatic rings. The molecule has 0 fully saturated rings. The average Bonchev–Trinajstić information content (AvgIpc) is 3.53. The first-order chi connectivity index (χ1) is 19.0. The monoisotopic (exact) mass is 550 g/mol. The molecule has 2 aromatic carbocycles. The van der Waals surface area contributed by atoms with Crippen molar-refractivity contribution in [3.05, 3.63) is 88.4 Å². The summed E-state index contributed by atoms with van der Waals surface area (Å²) in [4.78, 5) is 13.1. The highest BCUT2D eigenvalue weighted by Crippen LogP contribution is 2.32. The molecule has 4 rings (SSSR count). The van der Waals surface area contributed by atoms with Crippen molar-refractivity contribution in [3.63, 3.8) is 0 Å². The van der Waals surface area contributed by atoms with Crippen LogP contribution in [0, 0.1) is 0 Å². The molecule has 1 aliphatic heterocycles. The third-order valence-corrected chi connectivity index (χ3v) is 7.09. The van der Waals surface area contributed by atoms with E-state index in [1.807, 2.05) is 39.0 Å². The third-order valence-electron chi connectivity index (χ3n) is 7.09. The molecule has 6 nitrogen and oxygen atoms in total. The van der Waals surface area contributed by atoms with Gasteiger partial charge in [-0.25, -0.2) is 4.98 Å². The zero-order chi connectivity index (χ0) is 29.0. The fourth-order valence-electron chi connectivity index (χ4n) is 4.90.